The summed E-state index contributed by atoms with van der Waals surface area (Å²) < 4.78 is 26.5. The second-order valence-electron chi connectivity index (χ2n) is 3.81. The number of rotatable bonds is 6. The van der Waals surface area contributed by atoms with Crippen LogP contribution in [0.1, 0.15) is 12.0 Å². The first-order valence-corrected chi connectivity index (χ1v) is 9.14. The molecule has 7 heteroatoms. The maximum absolute atomic E-state index is 12.0. The van der Waals surface area contributed by atoms with Gasteiger partial charge >= 0.3 is 0 Å². The highest BCUT2D eigenvalue weighted by molar-refractivity contribution is 7.98. The number of benzene rings is 1. The molecule has 0 radical (unpaired) electrons. The molecule has 1 aromatic rings. The fourth-order valence-electron chi connectivity index (χ4n) is 1.37. The van der Waals surface area contributed by atoms with E-state index in [0.29, 0.717) is 24.3 Å². The number of nitrogens with one attached hydrogen (secondary N) is 1. The predicted molar refractivity (Wildman–Crippen MR) is 83.6 cm³/mol. The van der Waals surface area contributed by atoms with Crippen LogP contribution in [0.4, 0.5) is 0 Å². The van der Waals surface area contributed by atoms with E-state index in [1.807, 2.05) is 6.26 Å². The minimum Gasteiger partial charge on any atom is -0.395 e. The maximum atomic E-state index is 12.0. The maximum Gasteiger partial charge on any atom is 0.242 e. The SMILES string of the molecule is CSCCNS(=O)(=O)c1ccc(C#CCCO)cc1Cl. The van der Waals surface area contributed by atoms with Gasteiger partial charge in [-0.1, -0.05) is 23.4 Å². The van der Waals surface area contributed by atoms with Gasteiger partial charge in [0, 0.05) is 24.3 Å². The summed E-state index contributed by atoms with van der Waals surface area (Å²) in [5.41, 5.74) is 0.617. The van der Waals surface area contributed by atoms with Gasteiger partial charge < -0.3 is 5.11 Å². The van der Waals surface area contributed by atoms with Crippen LogP contribution >= 0.6 is 23.4 Å². The molecule has 4 nitrogen and oxygen atoms in total. The van der Waals surface area contributed by atoms with Crippen LogP contribution in [0.3, 0.4) is 0 Å². The van der Waals surface area contributed by atoms with Crippen molar-refractivity contribution in [2.24, 2.45) is 0 Å². The number of halogens is 1. The molecule has 0 heterocycles. The van der Waals surface area contributed by atoms with Gasteiger partial charge in [0.1, 0.15) is 4.90 Å². The number of aliphatic hydroxyl groups excluding tert-OH is 1. The summed E-state index contributed by atoms with van der Waals surface area (Å²) in [6.07, 6.45) is 2.27. The number of aliphatic hydroxyl groups is 1. The lowest BCUT2D eigenvalue weighted by atomic mass is 10.2. The molecule has 0 fully saturated rings. The monoisotopic (exact) mass is 333 g/mol. The average molecular weight is 334 g/mol. The van der Waals surface area contributed by atoms with Crippen LogP contribution in [0.5, 0.6) is 0 Å². The quantitative estimate of drug-likeness (QED) is 0.614. The molecule has 0 aliphatic heterocycles. The zero-order chi connectivity index (χ0) is 15.0. The largest absolute Gasteiger partial charge is 0.395 e. The van der Waals surface area contributed by atoms with Crippen LogP contribution in [-0.4, -0.2) is 38.7 Å². The van der Waals surface area contributed by atoms with Gasteiger partial charge in [0.15, 0.2) is 0 Å². The highest BCUT2D eigenvalue weighted by Crippen LogP contribution is 2.22. The fourth-order valence-corrected chi connectivity index (χ4v) is 3.38. The summed E-state index contributed by atoms with van der Waals surface area (Å²) in [6.45, 7) is 0.352. The van der Waals surface area contributed by atoms with Crippen LogP contribution in [0, 0.1) is 11.8 Å². The van der Waals surface area contributed by atoms with E-state index in [9.17, 15) is 8.42 Å². The number of thioether (sulfide) groups is 1. The van der Waals surface area contributed by atoms with Gasteiger partial charge in [0.25, 0.3) is 0 Å². The van der Waals surface area contributed by atoms with Crippen molar-refractivity contribution in [2.75, 3.05) is 25.2 Å². The van der Waals surface area contributed by atoms with Crippen molar-refractivity contribution in [2.45, 2.75) is 11.3 Å². The summed E-state index contributed by atoms with van der Waals surface area (Å²) in [7, 11) is -3.59. The summed E-state index contributed by atoms with van der Waals surface area (Å²) in [4.78, 5) is 0.0491. The van der Waals surface area contributed by atoms with E-state index in [-0.39, 0.29) is 16.5 Å². The molecule has 2 N–H and O–H groups in total. The Hall–Kier alpha value is -0.710. The molecule has 1 aromatic carbocycles. The minimum atomic E-state index is -3.59. The molecule has 0 aliphatic carbocycles. The summed E-state index contributed by atoms with van der Waals surface area (Å²) in [5.74, 6) is 6.25. The molecule has 20 heavy (non-hydrogen) atoms. The van der Waals surface area contributed by atoms with E-state index < -0.39 is 10.0 Å². The first-order chi connectivity index (χ1) is 9.51. The van der Waals surface area contributed by atoms with Crippen molar-refractivity contribution >= 4 is 33.4 Å². The van der Waals surface area contributed by atoms with Crippen molar-refractivity contribution < 1.29 is 13.5 Å². The van der Waals surface area contributed by atoms with Gasteiger partial charge in [-0.15, -0.1) is 0 Å². The Kier molecular flexibility index (Phi) is 7.41. The van der Waals surface area contributed by atoms with E-state index in [2.05, 4.69) is 16.6 Å². The van der Waals surface area contributed by atoms with Crippen molar-refractivity contribution in [3.63, 3.8) is 0 Å². The zero-order valence-electron chi connectivity index (χ0n) is 11.0. The third kappa shape index (κ3) is 5.35. The van der Waals surface area contributed by atoms with Crippen LogP contribution in [-0.2, 0) is 10.0 Å². The molecule has 0 amide bonds. The first-order valence-electron chi connectivity index (χ1n) is 5.89. The lowest BCUT2D eigenvalue weighted by molar-refractivity contribution is 0.305. The van der Waals surface area contributed by atoms with Crippen LogP contribution in [0.15, 0.2) is 23.1 Å². The van der Waals surface area contributed by atoms with Crippen molar-refractivity contribution in [1.29, 1.82) is 0 Å². The molecule has 0 atom stereocenters. The fraction of sp³-hybridized carbons (Fsp3) is 0.385. The van der Waals surface area contributed by atoms with Crippen molar-refractivity contribution in [1.82, 2.24) is 4.72 Å². The lowest BCUT2D eigenvalue weighted by Gasteiger charge is -2.08. The smallest absolute Gasteiger partial charge is 0.242 e. The van der Waals surface area contributed by atoms with E-state index in [0.717, 1.165) is 0 Å². The van der Waals surface area contributed by atoms with E-state index in [4.69, 9.17) is 16.7 Å². The number of sulfonamides is 1. The summed E-state index contributed by atoms with van der Waals surface area (Å²) in [6, 6.07) is 4.54. The Morgan fingerprint density at radius 1 is 1.45 bits per heavy atom. The van der Waals surface area contributed by atoms with Crippen LogP contribution in [0.2, 0.25) is 5.02 Å². The second kappa shape index (κ2) is 8.55. The average Bonchev–Trinajstić information content (AvgIpc) is 2.39. The van der Waals surface area contributed by atoms with Crippen LogP contribution < -0.4 is 4.72 Å². The number of hydrogen-bond acceptors (Lipinski definition) is 4. The summed E-state index contributed by atoms with van der Waals surface area (Å²) in [5, 5.41) is 8.77. The normalized spacial score (nSPS) is 10.9. The highest BCUT2D eigenvalue weighted by Gasteiger charge is 2.17. The molecule has 0 saturated carbocycles. The second-order valence-corrected chi connectivity index (χ2v) is 6.94. The van der Waals surface area contributed by atoms with Crippen LogP contribution in [0.25, 0.3) is 0 Å². The molecular weight excluding hydrogens is 318 g/mol. The van der Waals surface area contributed by atoms with Gasteiger partial charge in [0.2, 0.25) is 10.0 Å². The Morgan fingerprint density at radius 3 is 2.80 bits per heavy atom. The lowest BCUT2D eigenvalue weighted by Crippen LogP contribution is -2.26. The van der Waals surface area contributed by atoms with E-state index >= 15 is 0 Å². The number of hydrogen-bond donors (Lipinski definition) is 2. The third-order valence-electron chi connectivity index (χ3n) is 2.29. The molecule has 0 aliphatic rings. The van der Waals surface area contributed by atoms with Gasteiger partial charge in [-0.2, -0.15) is 11.8 Å². The molecule has 0 spiro atoms. The molecule has 0 unspecified atom stereocenters. The molecule has 110 valence electrons. The Morgan fingerprint density at radius 2 is 2.20 bits per heavy atom. The minimum absolute atomic E-state index is 0.00739. The molecule has 1 rings (SSSR count). The molecule has 0 saturated heterocycles. The van der Waals surface area contributed by atoms with Gasteiger partial charge in [-0.3, -0.25) is 0 Å². The predicted octanol–water partition coefficient (Wildman–Crippen LogP) is 1.72. The summed E-state index contributed by atoms with van der Waals surface area (Å²) >= 11 is 7.55. The Labute approximate surface area is 129 Å². The van der Waals surface area contributed by atoms with Crippen molar-refractivity contribution in [3.8, 4) is 11.8 Å². The van der Waals surface area contributed by atoms with Gasteiger partial charge in [-0.05, 0) is 24.5 Å². The molecule has 0 bridgehead atoms. The first kappa shape index (κ1) is 17.3. The Bertz CT molecular complexity index is 606. The zero-order valence-corrected chi connectivity index (χ0v) is 13.4. The molecular formula is C13H16ClNO3S2. The molecule has 0 aromatic heterocycles. The Balaban J connectivity index is 2.90. The topological polar surface area (TPSA) is 66.4 Å². The standard InChI is InChI=1S/C13H16ClNO3S2/c1-19-9-7-15-20(17,18)13-6-5-11(10-12(13)14)4-2-3-8-16/h5-6,10,15-16H,3,7-9H2,1H3. The van der Waals surface area contributed by atoms with Gasteiger partial charge in [0.05, 0.1) is 11.6 Å². The van der Waals surface area contributed by atoms with Crippen molar-refractivity contribution in [3.05, 3.63) is 28.8 Å². The third-order valence-corrected chi connectivity index (χ3v) is 4.85. The van der Waals surface area contributed by atoms with Gasteiger partial charge in [-0.25, -0.2) is 13.1 Å². The van der Waals surface area contributed by atoms with E-state index in [1.165, 1.54) is 12.1 Å². The van der Waals surface area contributed by atoms with E-state index in [1.54, 1.807) is 17.8 Å². The highest BCUT2D eigenvalue weighted by atomic mass is 35.5.